The second kappa shape index (κ2) is 9.34. The average Bonchev–Trinajstić information content (AvgIpc) is 3.09. The molecule has 2 aromatic carbocycles. The Morgan fingerprint density at radius 3 is 2.45 bits per heavy atom. The van der Waals surface area contributed by atoms with Crippen LogP contribution in [0.2, 0.25) is 5.02 Å². The zero-order valence-electron chi connectivity index (χ0n) is 18.0. The van der Waals surface area contributed by atoms with E-state index in [4.69, 9.17) is 21.1 Å². The number of carbonyl (C=O) groups excluding carboxylic acids is 2. The summed E-state index contributed by atoms with van der Waals surface area (Å²) < 4.78 is 10.8. The zero-order valence-corrected chi connectivity index (χ0v) is 18.7. The third kappa shape index (κ3) is 4.15. The van der Waals surface area contributed by atoms with E-state index in [1.807, 2.05) is 18.2 Å². The van der Waals surface area contributed by atoms with Crippen LogP contribution in [0.4, 0.5) is 0 Å². The highest BCUT2D eigenvalue weighted by molar-refractivity contribution is 6.46. The van der Waals surface area contributed by atoms with Gasteiger partial charge in [-0.1, -0.05) is 35.9 Å². The molecule has 1 aliphatic heterocycles. The van der Waals surface area contributed by atoms with Crippen LogP contribution in [0.3, 0.4) is 0 Å². The Labute approximate surface area is 195 Å². The number of likely N-dealkylation sites (tertiary alicyclic amines) is 1. The standard InChI is InChI=1S/C25H21ClN2O5/c1-32-19-9-4-3-7-15(19)14-28-22(18-8-5-6-12-27-18)21(24(30)25(28)31)23(29)17-13-16(26)10-11-20(17)33-2/h3-13,22,29H,14H2,1-2H3/b23-21+. The minimum Gasteiger partial charge on any atom is -0.507 e. The van der Waals surface area contributed by atoms with Crippen LogP contribution >= 0.6 is 11.6 Å². The van der Waals surface area contributed by atoms with E-state index in [0.717, 1.165) is 0 Å². The van der Waals surface area contributed by atoms with Crippen molar-refractivity contribution in [3.05, 3.63) is 94.3 Å². The Morgan fingerprint density at radius 2 is 1.76 bits per heavy atom. The molecule has 1 fully saturated rings. The maximum atomic E-state index is 13.2. The van der Waals surface area contributed by atoms with Gasteiger partial charge >= 0.3 is 0 Å². The molecular weight excluding hydrogens is 444 g/mol. The third-order valence-electron chi connectivity index (χ3n) is 5.46. The first-order valence-electron chi connectivity index (χ1n) is 10.1. The highest BCUT2D eigenvalue weighted by atomic mass is 35.5. The molecule has 1 saturated heterocycles. The number of ether oxygens (including phenoxy) is 2. The van der Waals surface area contributed by atoms with E-state index in [9.17, 15) is 14.7 Å². The number of amides is 1. The van der Waals surface area contributed by atoms with Gasteiger partial charge in [0.05, 0.1) is 37.6 Å². The number of pyridine rings is 1. The quantitative estimate of drug-likeness (QED) is 0.331. The lowest BCUT2D eigenvalue weighted by Gasteiger charge is -2.25. The number of methoxy groups -OCH3 is 2. The Morgan fingerprint density at radius 1 is 1.03 bits per heavy atom. The molecule has 7 nitrogen and oxygen atoms in total. The number of aromatic nitrogens is 1. The van der Waals surface area contributed by atoms with Crippen molar-refractivity contribution < 1.29 is 24.2 Å². The first kappa shape index (κ1) is 22.4. The third-order valence-corrected chi connectivity index (χ3v) is 5.69. The van der Waals surface area contributed by atoms with E-state index in [2.05, 4.69) is 4.98 Å². The van der Waals surface area contributed by atoms with Crippen molar-refractivity contribution in [1.82, 2.24) is 9.88 Å². The molecular formula is C25H21ClN2O5. The molecule has 168 valence electrons. The maximum absolute atomic E-state index is 13.2. The number of hydrogen-bond donors (Lipinski definition) is 1. The number of benzene rings is 2. The second-order valence-electron chi connectivity index (χ2n) is 7.34. The number of carbonyl (C=O) groups is 2. The van der Waals surface area contributed by atoms with Gasteiger partial charge in [0.1, 0.15) is 23.3 Å². The first-order chi connectivity index (χ1) is 16.0. The lowest BCUT2D eigenvalue weighted by atomic mass is 9.97. The van der Waals surface area contributed by atoms with Crippen LogP contribution in [0.1, 0.15) is 22.9 Å². The van der Waals surface area contributed by atoms with Gasteiger partial charge in [-0.15, -0.1) is 0 Å². The largest absolute Gasteiger partial charge is 0.507 e. The van der Waals surface area contributed by atoms with Gasteiger partial charge in [-0.2, -0.15) is 0 Å². The summed E-state index contributed by atoms with van der Waals surface area (Å²) in [6, 6.07) is 16.2. The Bertz CT molecular complexity index is 1240. The average molecular weight is 465 g/mol. The van der Waals surface area contributed by atoms with Crippen LogP contribution in [-0.4, -0.2) is 40.9 Å². The van der Waals surface area contributed by atoms with Gasteiger partial charge in [0.2, 0.25) is 0 Å². The van der Waals surface area contributed by atoms with Crippen LogP contribution in [-0.2, 0) is 16.1 Å². The van der Waals surface area contributed by atoms with E-state index >= 15 is 0 Å². The summed E-state index contributed by atoms with van der Waals surface area (Å²) in [6.07, 6.45) is 1.57. The molecule has 1 aliphatic rings. The number of nitrogens with zero attached hydrogens (tertiary/aromatic N) is 2. The molecule has 4 rings (SSSR count). The maximum Gasteiger partial charge on any atom is 0.296 e. The summed E-state index contributed by atoms with van der Waals surface area (Å²) in [4.78, 5) is 32.1. The predicted octanol–water partition coefficient (Wildman–Crippen LogP) is 4.37. The first-order valence-corrected chi connectivity index (χ1v) is 10.5. The SMILES string of the molecule is COc1ccccc1CN1C(=O)C(=O)/C(=C(/O)c2cc(Cl)ccc2OC)C1c1ccccn1. The highest BCUT2D eigenvalue weighted by Gasteiger charge is 2.47. The van der Waals surface area contributed by atoms with E-state index in [0.29, 0.717) is 27.8 Å². The van der Waals surface area contributed by atoms with Gasteiger partial charge < -0.3 is 19.5 Å². The van der Waals surface area contributed by atoms with Crippen LogP contribution in [0.15, 0.2) is 72.4 Å². The van der Waals surface area contributed by atoms with Gasteiger partial charge in [-0.25, -0.2) is 0 Å². The summed E-state index contributed by atoms with van der Waals surface area (Å²) >= 11 is 6.13. The number of halogens is 1. The molecule has 0 aliphatic carbocycles. The van der Waals surface area contributed by atoms with E-state index in [1.165, 1.54) is 25.2 Å². The summed E-state index contributed by atoms with van der Waals surface area (Å²) in [7, 11) is 2.98. The molecule has 1 aromatic heterocycles. The van der Waals surface area contributed by atoms with Crippen LogP contribution in [0.5, 0.6) is 11.5 Å². The number of para-hydroxylation sites is 1. The van der Waals surface area contributed by atoms with Crippen molar-refractivity contribution in [1.29, 1.82) is 0 Å². The minimum absolute atomic E-state index is 0.0826. The molecule has 0 spiro atoms. The Balaban J connectivity index is 1.90. The predicted molar refractivity (Wildman–Crippen MR) is 123 cm³/mol. The monoisotopic (exact) mass is 464 g/mol. The lowest BCUT2D eigenvalue weighted by molar-refractivity contribution is -0.140. The van der Waals surface area contributed by atoms with Gasteiger partial charge in [-0.05, 0) is 36.4 Å². The lowest BCUT2D eigenvalue weighted by Crippen LogP contribution is -2.29. The molecule has 0 bridgehead atoms. The molecule has 0 saturated carbocycles. The highest BCUT2D eigenvalue weighted by Crippen LogP contribution is 2.42. The number of aliphatic hydroxyl groups excluding tert-OH is 1. The van der Waals surface area contributed by atoms with Gasteiger partial charge in [0.15, 0.2) is 0 Å². The molecule has 1 atom stereocenters. The van der Waals surface area contributed by atoms with E-state index in [1.54, 1.807) is 42.6 Å². The van der Waals surface area contributed by atoms with Crippen molar-refractivity contribution in [3.63, 3.8) is 0 Å². The smallest absolute Gasteiger partial charge is 0.296 e. The van der Waals surface area contributed by atoms with E-state index < -0.39 is 17.7 Å². The van der Waals surface area contributed by atoms with Crippen LogP contribution in [0.25, 0.3) is 5.76 Å². The number of Topliss-reactive ketones (excluding diaryl/α,β-unsaturated/α-hetero) is 1. The van der Waals surface area contributed by atoms with Crippen molar-refractivity contribution in [2.45, 2.75) is 12.6 Å². The number of rotatable bonds is 6. The van der Waals surface area contributed by atoms with Crippen LogP contribution < -0.4 is 9.47 Å². The second-order valence-corrected chi connectivity index (χ2v) is 7.77. The number of ketones is 1. The van der Waals surface area contributed by atoms with Crippen molar-refractivity contribution in [3.8, 4) is 11.5 Å². The summed E-state index contributed by atoms with van der Waals surface area (Å²) in [6.45, 7) is 0.0826. The number of hydrogen-bond acceptors (Lipinski definition) is 6. The fraction of sp³-hybridized carbons (Fsp3) is 0.160. The molecule has 2 heterocycles. The molecule has 33 heavy (non-hydrogen) atoms. The summed E-state index contributed by atoms with van der Waals surface area (Å²) in [5.74, 6) is -1.06. The van der Waals surface area contributed by atoms with Gasteiger partial charge in [0.25, 0.3) is 11.7 Å². The molecule has 3 aromatic rings. The Hall–Kier alpha value is -3.84. The molecule has 0 radical (unpaired) electrons. The summed E-state index contributed by atoms with van der Waals surface area (Å²) in [5, 5.41) is 11.6. The van der Waals surface area contributed by atoms with Crippen molar-refractivity contribution in [2.24, 2.45) is 0 Å². The molecule has 1 amide bonds. The topological polar surface area (TPSA) is 89.0 Å². The van der Waals surface area contributed by atoms with E-state index in [-0.39, 0.29) is 23.4 Å². The van der Waals surface area contributed by atoms with Gasteiger partial charge in [0, 0.05) is 16.8 Å². The Kier molecular flexibility index (Phi) is 6.33. The van der Waals surface area contributed by atoms with Crippen molar-refractivity contribution >= 4 is 29.1 Å². The fourth-order valence-corrected chi connectivity index (χ4v) is 4.09. The van der Waals surface area contributed by atoms with Crippen molar-refractivity contribution in [2.75, 3.05) is 14.2 Å². The normalized spacial score (nSPS) is 17.3. The summed E-state index contributed by atoms with van der Waals surface area (Å²) in [5.41, 5.74) is 1.27. The van der Waals surface area contributed by atoms with Gasteiger partial charge in [-0.3, -0.25) is 14.6 Å². The molecule has 1 N–H and O–H groups in total. The fourth-order valence-electron chi connectivity index (χ4n) is 3.92. The molecule has 1 unspecified atom stereocenters. The minimum atomic E-state index is -0.917. The zero-order chi connectivity index (χ0) is 23.5. The van der Waals surface area contributed by atoms with Crippen LogP contribution in [0, 0.1) is 0 Å². The number of aliphatic hydroxyl groups is 1. The molecule has 8 heteroatoms.